The molecule has 2 aromatic carbocycles. The highest BCUT2D eigenvalue weighted by Crippen LogP contribution is 2.40. The molecule has 1 amide bonds. The molecule has 3 aromatic rings. The third-order valence-corrected chi connectivity index (χ3v) is 5.78. The van der Waals surface area contributed by atoms with E-state index in [2.05, 4.69) is 10.4 Å². The van der Waals surface area contributed by atoms with Crippen LogP contribution in [-0.2, 0) is 17.8 Å². The Labute approximate surface area is 191 Å². The summed E-state index contributed by atoms with van der Waals surface area (Å²) in [5.74, 6) is -0.767. The molecule has 2 atom stereocenters. The van der Waals surface area contributed by atoms with E-state index in [0.29, 0.717) is 12.5 Å². The van der Waals surface area contributed by atoms with Crippen LogP contribution in [0, 0.1) is 0 Å². The zero-order chi connectivity index (χ0) is 23.4. The molecule has 0 bridgehead atoms. The highest BCUT2D eigenvalue weighted by Gasteiger charge is 2.32. The third kappa shape index (κ3) is 5.59. The minimum Gasteiger partial charge on any atom is -0.497 e. The van der Waals surface area contributed by atoms with Crippen molar-refractivity contribution in [2.24, 2.45) is 0 Å². The van der Waals surface area contributed by atoms with Crippen molar-refractivity contribution in [2.45, 2.75) is 43.9 Å². The molecule has 0 unspecified atom stereocenters. The molecule has 172 valence electrons. The Morgan fingerprint density at radius 2 is 1.82 bits per heavy atom. The van der Waals surface area contributed by atoms with Gasteiger partial charge >= 0.3 is 5.97 Å². The summed E-state index contributed by atoms with van der Waals surface area (Å²) in [6, 6.07) is 17.6. The molecule has 3 N–H and O–H groups in total. The lowest BCUT2D eigenvalue weighted by atomic mass is 10.0. The smallest absolute Gasteiger partial charge is 0.334 e. The number of nitrogens with zero attached hydrogens (tertiary/aromatic N) is 2. The van der Waals surface area contributed by atoms with Gasteiger partial charge in [-0.05, 0) is 48.6 Å². The summed E-state index contributed by atoms with van der Waals surface area (Å²) in [5.41, 5.74) is 3.03. The van der Waals surface area contributed by atoms with Crippen molar-refractivity contribution >= 4 is 11.9 Å². The molecule has 8 heteroatoms. The molecule has 0 saturated heterocycles. The second-order valence-electron chi connectivity index (χ2n) is 8.29. The summed E-state index contributed by atoms with van der Waals surface area (Å²) in [6.07, 6.45) is 0.536. The van der Waals surface area contributed by atoms with Crippen LogP contribution in [0.5, 0.6) is 5.75 Å². The Bertz CT molecular complexity index is 1110. The molecule has 1 saturated carbocycles. The Balaban J connectivity index is 1.53. The molecule has 0 radical (unpaired) electrons. The van der Waals surface area contributed by atoms with Gasteiger partial charge in [-0.15, -0.1) is 0 Å². The Morgan fingerprint density at radius 3 is 2.42 bits per heavy atom. The van der Waals surface area contributed by atoms with Gasteiger partial charge in [0.25, 0.3) is 5.91 Å². The maximum Gasteiger partial charge on any atom is 0.334 e. The fraction of sp³-hybridized carbons (Fsp3) is 0.320. The van der Waals surface area contributed by atoms with Gasteiger partial charge in [0.05, 0.1) is 19.7 Å². The number of benzene rings is 2. The normalized spacial score (nSPS) is 15.0. The van der Waals surface area contributed by atoms with Crippen LogP contribution in [0.2, 0.25) is 0 Å². The molecule has 1 fully saturated rings. The van der Waals surface area contributed by atoms with E-state index in [9.17, 15) is 19.8 Å². The fourth-order valence-electron chi connectivity index (χ4n) is 3.80. The summed E-state index contributed by atoms with van der Waals surface area (Å²) in [4.78, 5) is 24.4. The number of methoxy groups -OCH3 is 1. The van der Waals surface area contributed by atoms with Crippen LogP contribution in [-0.4, -0.2) is 51.1 Å². The molecular formula is C25H27N3O5. The van der Waals surface area contributed by atoms with Crippen LogP contribution in [0.1, 0.15) is 46.1 Å². The molecule has 1 aliphatic rings. The first-order chi connectivity index (χ1) is 15.9. The number of ether oxygens (including phenoxy) is 1. The summed E-state index contributed by atoms with van der Waals surface area (Å²) >= 11 is 0. The van der Waals surface area contributed by atoms with Gasteiger partial charge in [0, 0.05) is 11.6 Å². The van der Waals surface area contributed by atoms with Gasteiger partial charge in [0.1, 0.15) is 11.4 Å². The van der Waals surface area contributed by atoms with Crippen LogP contribution >= 0.6 is 0 Å². The van der Waals surface area contributed by atoms with Gasteiger partial charge in [0.15, 0.2) is 6.10 Å². The molecule has 1 heterocycles. The van der Waals surface area contributed by atoms with E-state index in [1.54, 1.807) is 13.2 Å². The van der Waals surface area contributed by atoms with Gasteiger partial charge in [-0.25, -0.2) is 4.79 Å². The number of hydrogen-bond donors (Lipinski definition) is 3. The van der Waals surface area contributed by atoms with Gasteiger partial charge in [0.2, 0.25) is 0 Å². The monoisotopic (exact) mass is 449 g/mol. The van der Waals surface area contributed by atoms with Crippen molar-refractivity contribution in [2.75, 3.05) is 7.11 Å². The number of hydrogen-bond acceptors (Lipinski definition) is 5. The molecule has 33 heavy (non-hydrogen) atoms. The number of carboxylic acid groups (broad SMARTS) is 1. The summed E-state index contributed by atoms with van der Waals surface area (Å²) in [6.45, 7) is 0.508. The van der Waals surface area contributed by atoms with Crippen molar-refractivity contribution in [1.82, 2.24) is 15.1 Å². The van der Waals surface area contributed by atoms with E-state index in [1.807, 2.05) is 59.3 Å². The van der Waals surface area contributed by atoms with Gasteiger partial charge in [-0.3, -0.25) is 9.48 Å². The zero-order valence-corrected chi connectivity index (χ0v) is 18.3. The van der Waals surface area contributed by atoms with E-state index in [4.69, 9.17) is 4.74 Å². The molecule has 0 aliphatic heterocycles. The molecule has 4 rings (SSSR count). The lowest BCUT2D eigenvalue weighted by molar-refractivity contribution is -0.148. The first-order valence-corrected chi connectivity index (χ1v) is 10.9. The predicted octanol–water partition coefficient (Wildman–Crippen LogP) is 2.60. The Morgan fingerprint density at radius 1 is 1.12 bits per heavy atom. The summed E-state index contributed by atoms with van der Waals surface area (Å²) in [5, 5.41) is 26.7. The van der Waals surface area contributed by atoms with Crippen LogP contribution in [0.15, 0.2) is 60.7 Å². The maximum atomic E-state index is 13.0. The minimum atomic E-state index is -1.74. The number of amides is 1. The van der Waals surface area contributed by atoms with Crippen LogP contribution in [0.3, 0.4) is 0 Å². The van der Waals surface area contributed by atoms with Gasteiger partial charge < -0.3 is 20.3 Å². The van der Waals surface area contributed by atoms with Crippen LogP contribution in [0.4, 0.5) is 0 Å². The number of nitrogens with one attached hydrogen (secondary N) is 1. The Kier molecular flexibility index (Phi) is 6.74. The first-order valence-electron chi connectivity index (χ1n) is 10.9. The second-order valence-corrected chi connectivity index (χ2v) is 8.29. The number of aliphatic hydroxyl groups excluding tert-OH is 1. The zero-order valence-electron chi connectivity index (χ0n) is 18.3. The second kappa shape index (κ2) is 9.87. The highest BCUT2D eigenvalue weighted by atomic mass is 16.5. The quantitative estimate of drug-likeness (QED) is 0.439. The summed E-state index contributed by atoms with van der Waals surface area (Å²) in [7, 11) is 1.62. The van der Waals surface area contributed by atoms with Gasteiger partial charge in [-0.1, -0.05) is 42.5 Å². The fourth-order valence-corrected chi connectivity index (χ4v) is 3.80. The number of rotatable bonds is 10. The highest BCUT2D eigenvalue weighted by molar-refractivity contribution is 5.93. The first kappa shape index (κ1) is 22.5. The SMILES string of the molecule is COc1ccc(Cn2nc(C(=O)N[C@H](Cc3ccccc3)[C@@H](O)C(=O)O)cc2C2CC2)cc1. The average molecular weight is 450 g/mol. The Hall–Kier alpha value is -3.65. The number of aliphatic hydroxyl groups is 1. The largest absolute Gasteiger partial charge is 0.497 e. The maximum absolute atomic E-state index is 13.0. The van der Waals surface area contributed by atoms with Crippen LogP contribution in [0.25, 0.3) is 0 Å². The summed E-state index contributed by atoms with van der Waals surface area (Å²) < 4.78 is 7.03. The predicted molar refractivity (Wildman–Crippen MR) is 121 cm³/mol. The lowest BCUT2D eigenvalue weighted by Crippen LogP contribution is -2.48. The molecular weight excluding hydrogens is 422 g/mol. The average Bonchev–Trinajstić information content (AvgIpc) is 3.59. The number of carboxylic acids is 1. The number of aromatic nitrogens is 2. The van der Waals surface area contributed by atoms with Crippen molar-refractivity contribution in [3.05, 3.63) is 83.2 Å². The van der Waals surface area contributed by atoms with Gasteiger partial charge in [-0.2, -0.15) is 5.10 Å². The van der Waals surface area contributed by atoms with E-state index in [0.717, 1.165) is 35.4 Å². The minimum absolute atomic E-state index is 0.183. The number of aliphatic carboxylic acids is 1. The van der Waals surface area contributed by atoms with Crippen molar-refractivity contribution in [3.63, 3.8) is 0 Å². The standard InChI is InChI=1S/C25H27N3O5/c1-33-19-11-7-17(8-12-19)15-28-22(18-9-10-18)14-21(27-28)24(30)26-20(23(29)25(31)32)13-16-5-3-2-4-6-16/h2-8,11-12,14,18,20,23,29H,9-10,13,15H2,1H3,(H,26,30)(H,31,32)/t20-,23-/m1/s1. The molecule has 1 aliphatic carbocycles. The molecule has 0 spiro atoms. The van der Waals surface area contributed by atoms with Crippen molar-refractivity contribution in [3.8, 4) is 5.75 Å². The number of carbonyl (C=O) groups excluding carboxylic acids is 1. The van der Waals surface area contributed by atoms with E-state index >= 15 is 0 Å². The topological polar surface area (TPSA) is 114 Å². The van der Waals surface area contributed by atoms with Crippen LogP contribution < -0.4 is 10.1 Å². The number of carbonyl (C=O) groups is 2. The third-order valence-electron chi connectivity index (χ3n) is 5.78. The van der Waals surface area contributed by atoms with E-state index in [1.165, 1.54) is 0 Å². The molecule has 8 nitrogen and oxygen atoms in total. The lowest BCUT2D eigenvalue weighted by Gasteiger charge is -2.21. The van der Waals surface area contributed by atoms with Crippen molar-refractivity contribution in [1.29, 1.82) is 0 Å². The van der Waals surface area contributed by atoms with E-state index < -0.39 is 24.0 Å². The van der Waals surface area contributed by atoms with E-state index in [-0.39, 0.29) is 12.1 Å². The van der Waals surface area contributed by atoms with Crippen molar-refractivity contribution < 1.29 is 24.5 Å². The molecule has 1 aromatic heterocycles.